The largest absolute Gasteiger partial charge is 0.476 e. The summed E-state index contributed by atoms with van der Waals surface area (Å²) in [6.45, 7) is 1.62. The van der Waals surface area contributed by atoms with Gasteiger partial charge in [-0.05, 0) is 6.92 Å². The highest BCUT2D eigenvalue weighted by Gasteiger charge is 2.13. The van der Waals surface area contributed by atoms with E-state index in [1.165, 1.54) is 23.1 Å². The van der Waals surface area contributed by atoms with E-state index in [1.54, 1.807) is 6.92 Å². The third-order valence-electron chi connectivity index (χ3n) is 2.05. The number of pyridine rings is 1. The van der Waals surface area contributed by atoms with Gasteiger partial charge in [0.2, 0.25) is 0 Å². The molecule has 2 aromatic rings. The molecule has 0 unspecified atom stereocenters. The maximum absolute atomic E-state index is 12.9. The molecule has 0 aliphatic carbocycles. The Kier molecular flexibility index (Phi) is 2.40. The van der Waals surface area contributed by atoms with Crippen molar-refractivity contribution in [3.63, 3.8) is 0 Å². The molecular weight excluding hydrogens is 213 g/mol. The summed E-state index contributed by atoms with van der Waals surface area (Å²) in [7, 11) is 0. The van der Waals surface area contributed by atoms with Crippen LogP contribution in [-0.2, 0) is 0 Å². The summed E-state index contributed by atoms with van der Waals surface area (Å²) in [6, 6.07) is 1.23. The minimum atomic E-state index is -1.11. The molecule has 0 saturated heterocycles. The number of nitrogens with zero attached hydrogens (tertiary/aromatic N) is 3. The van der Waals surface area contributed by atoms with Gasteiger partial charge in [-0.15, -0.1) is 0 Å². The average molecular weight is 221 g/mol. The van der Waals surface area contributed by atoms with E-state index in [4.69, 9.17) is 5.11 Å². The van der Waals surface area contributed by atoms with Crippen LogP contribution in [0.2, 0.25) is 0 Å². The van der Waals surface area contributed by atoms with Crippen molar-refractivity contribution < 1.29 is 14.3 Å². The minimum Gasteiger partial charge on any atom is -0.476 e. The molecule has 82 valence electrons. The first kappa shape index (κ1) is 10.3. The quantitative estimate of drug-likeness (QED) is 0.832. The molecule has 16 heavy (non-hydrogen) atoms. The van der Waals surface area contributed by atoms with E-state index in [-0.39, 0.29) is 5.69 Å². The number of hydrogen-bond acceptors (Lipinski definition) is 3. The van der Waals surface area contributed by atoms with Gasteiger partial charge in [-0.2, -0.15) is 5.10 Å². The lowest BCUT2D eigenvalue weighted by Gasteiger charge is -1.99. The molecule has 0 fully saturated rings. The maximum atomic E-state index is 12.9. The van der Waals surface area contributed by atoms with Crippen molar-refractivity contribution in [3.8, 4) is 5.69 Å². The highest BCUT2D eigenvalue weighted by atomic mass is 19.1. The zero-order valence-corrected chi connectivity index (χ0v) is 8.38. The average Bonchev–Trinajstić information content (AvgIpc) is 2.60. The molecule has 1 N–H and O–H groups in total. The molecule has 0 aliphatic rings. The van der Waals surface area contributed by atoms with Crippen molar-refractivity contribution >= 4 is 5.97 Å². The van der Waals surface area contributed by atoms with Crippen LogP contribution in [0.25, 0.3) is 5.69 Å². The van der Waals surface area contributed by atoms with E-state index < -0.39 is 11.8 Å². The number of carboxylic acids is 1. The second kappa shape index (κ2) is 3.73. The topological polar surface area (TPSA) is 68.0 Å². The lowest BCUT2D eigenvalue weighted by Crippen LogP contribution is -2.02. The van der Waals surface area contributed by atoms with Crippen molar-refractivity contribution in [1.29, 1.82) is 0 Å². The zero-order valence-electron chi connectivity index (χ0n) is 8.38. The Morgan fingerprint density at radius 1 is 1.50 bits per heavy atom. The molecule has 0 bridgehead atoms. The fourth-order valence-electron chi connectivity index (χ4n) is 1.33. The molecule has 0 spiro atoms. The van der Waals surface area contributed by atoms with Crippen molar-refractivity contribution in [2.75, 3.05) is 0 Å². The highest BCUT2D eigenvalue weighted by Crippen LogP contribution is 2.11. The number of carbonyl (C=O) groups is 1. The maximum Gasteiger partial charge on any atom is 0.356 e. The first-order valence-corrected chi connectivity index (χ1v) is 4.48. The van der Waals surface area contributed by atoms with Crippen LogP contribution in [0, 0.1) is 12.7 Å². The summed E-state index contributed by atoms with van der Waals surface area (Å²) in [6.07, 6.45) is 3.99. The Morgan fingerprint density at radius 2 is 2.25 bits per heavy atom. The molecule has 0 aliphatic heterocycles. The molecule has 6 heteroatoms. The number of aryl methyl sites for hydroxylation is 1. The Hall–Kier alpha value is -2.24. The van der Waals surface area contributed by atoms with Crippen LogP contribution in [0.3, 0.4) is 0 Å². The number of aromatic nitrogens is 3. The van der Waals surface area contributed by atoms with Crippen LogP contribution in [0.1, 0.15) is 16.1 Å². The Morgan fingerprint density at radius 3 is 2.81 bits per heavy atom. The van der Waals surface area contributed by atoms with Gasteiger partial charge in [-0.25, -0.2) is 13.9 Å². The van der Waals surface area contributed by atoms with Gasteiger partial charge < -0.3 is 5.11 Å². The zero-order chi connectivity index (χ0) is 11.7. The summed E-state index contributed by atoms with van der Waals surface area (Å²) in [5.41, 5.74) is 0.844. The van der Waals surface area contributed by atoms with Gasteiger partial charge in [0.15, 0.2) is 5.69 Å². The van der Waals surface area contributed by atoms with E-state index in [9.17, 15) is 9.18 Å². The molecular formula is C10H8FN3O2. The summed E-state index contributed by atoms with van der Waals surface area (Å²) >= 11 is 0. The van der Waals surface area contributed by atoms with Crippen LogP contribution < -0.4 is 0 Å². The summed E-state index contributed by atoms with van der Waals surface area (Å²) in [5, 5.41) is 12.6. The summed E-state index contributed by atoms with van der Waals surface area (Å²) in [5.74, 6) is -1.61. The van der Waals surface area contributed by atoms with E-state index in [1.807, 2.05) is 0 Å². The molecule has 0 aromatic carbocycles. The molecule has 2 aromatic heterocycles. The number of aromatic carboxylic acids is 1. The van der Waals surface area contributed by atoms with Gasteiger partial charge in [0, 0.05) is 17.8 Å². The second-order valence-electron chi connectivity index (χ2n) is 3.27. The van der Waals surface area contributed by atoms with Gasteiger partial charge in [-0.3, -0.25) is 4.98 Å². The minimum absolute atomic E-state index is 0.0516. The van der Waals surface area contributed by atoms with Crippen LogP contribution in [0.5, 0.6) is 0 Å². The smallest absolute Gasteiger partial charge is 0.356 e. The van der Waals surface area contributed by atoms with Crippen LogP contribution in [-0.4, -0.2) is 25.8 Å². The SMILES string of the molecule is Cc1cn(-c2cncc(F)c2)nc1C(=O)O. The van der Waals surface area contributed by atoms with Crippen molar-refractivity contribution in [2.24, 2.45) is 0 Å². The van der Waals surface area contributed by atoms with Crippen LogP contribution in [0.4, 0.5) is 4.39 Å². The molecule has 2 rings (SSSR count). The number of carboxylic acid groups (broad SMARTS) is 1. The lowest BCUT2D eigenvalue weighted by atomic mass is 10.3. The molecule has 0 atom stereocenters. The van der Waals surface area contributed by atoms with Gasteiger partial charge in [0.25, 0.3) is 0 Å². The number of halogens is 1. The van der Waals surface area contributed by atoms with Crippen LogP contribution in [0.15, 0.2) is 24.7 Å². The van der Waals surface area contributed by atoms with Gasteiger partial charge in [-0.1, -0.05) is 0 Å². The molecule has 0 saturated carbocycles. The molecule has 0 radical (unpaired) electrons. The normalized spacial score (nSPS) is 10.4. The predicted molar refractivity (Wildman–Crippen MR) is 53.0 cm³/mol. The van der Waals surface area contributed by atoms with Crippen molar-refractivity contribution in [2.45, 2.75) is 6.92 Å². The Balaban J connectivity index is 2.49. The monoisotopic (exact) mass is 221 g/mol. The van der Waals surface area contributed by atoms with Gasteiger partial charge in [0.1, 0.15) is 5.82 Å². The standard InChI is InChI=1S/C10H8FN3O2/c1-6-5-14(13-9(6)10(15)16)8-2-7(11)3-12-4-8/h2-5H,1H3,(H,15,16). The van der Waals surface area contributed by atoms with Crippen LogP contribution >= 0.6 is 0 Å². The third kappa shape index (κ3) is 1.77. The number of hydrogen-bond donors (Lipinski definition) is 1. The molecule has 2 heterocycles. The first-order chi connectivity index (χ1) is 7.58. The van der Waals surface area contributed by atoms with Gasteiger partial charge >= 0.3 is 5.97 Å². The van der Waals surface area contributed by atoms with Crippen molar-refractivity contribution in [1.82, 2.24) is 14.8 Å². The highest BCUT2D eigenvalue weighted by molar-refractivity contribution is 5.86. The number of rotatable bonds is 2. The fourth-order valence-corrected chi connectivity index (χ4v) is 1.33. The summed E-state index contributed by atoms with van der Waals surface area (Å²) in [4.78, 5) is 14.4. The Labute approximate surface area is 90.2 Å². The van der Waals surface area contributed by atoms with E-state index in [2.05, 4.69) is 10.1 Å². The van der Waals surface area contributed by atoms with Gasteiger partial charge in [0.05, 0.1) is 18.1 Å². The second-order valence-corrected chi connectivity index (χ2v) is 3.27. The first-order valence-electron chi connectivity index (χ1n) is 4.48. The third-order valence-corrected chi connectivity index (χ3v) is 2.05. The van der Waals surface area contributed by atoms with E-state index in [0.29, 0.717) is 11.3 Å². The lowest BCUT2D eigenvalue weighted by molar-refractivity contribution is 0.0689. The summed E-state index contributed by atoms with van der Waals surface area (Å²) < 4.78 is 14.2. The fraction of sp³-hybridized carbons (Fsp3) is 0.100. The van der Waals surface area contributed by atoms with Crippen molar-refractivity contribution in [3.05, 3.63) is 41.7 Å². The molecule has 0 amide bonds. The predicted octanol–water partition coefficient (Wildman–Crippen LogP) is 1.41. The van der Waals surface area contributed by atoms with E-state index >= 15 is 0 Å². The Bertz CT molecular complexity index is 551. The van der Waals surface area contributed by atoms with E-state index in [0.717, 1.165) is 6.20 Å². The molecule has 5 nitrogen and oxygen atoms in total.